The molecule has 0 aromatic heterocycles. The number of carbonyl (C=O) groups excluding carboxylic acids is 1. The number of rotatable bonds is 4. The highest BCUT2D eigenvalue weighted by Gasteiger charge is 2.25. The number of hydrogen-bond acceptors (Lipinski definition) is 2. The first-order chi connectivity index (χ1) is 7.27. The normalized spacial score (nSPS) is 27.7. The fourth-order valence-corrected chi connectivity index (χ4v) is 2.52. The van der Waals surface area contributed by atoms with Crippen LogP contribution in [0.25, 0.3) is 0 Å². The third-order valence-corrected chi connectivity index (χ3v) is 3.92. The summed E-state index contributed by atoms with van der Waals surface area (Å²) in [6.07, 6.45) is 7.19. The summed E-state index contributed by atoms with van der Waals surface area (Å²) in [7, 11) is 2.19. The Hall–Kier alpha value is -0.570. The molecule has 2 fully saturated rings. The highest BCUT2D eigenvalue weighted by molar-refractivity contribution is 5.79. The van der Waals surface area contributed by atoms with Gasteiger partial charge in [0.05, 0.1) is 0 Å². The summed E-state index contributed by atoms with van der Waals surface area (Å²) in [5.74, 6) is 0.633. The van der Waals surface area contributed by atoms with Gasteiger partial charge < -0.3 is 10.2 Å². The quantitative estimate of drug-likeness (QED) is 0.760. The van der Waals surface area contributed by atoms with Crippen molar-refractivity contribution in [2.75, 3.05) is 20.1 Å². The lowest BCUT2D eigenvalue weighted by Gasteiger charge is -2.25. The lowest BCUT2D eigenvalue weighted by molar-refractivity contribution is -0.127. The molecule has 2 aliphatic rings. The Kier molecular flexibility index (Phi) is 3.62. The van der Waals surface area contributed by atoms with Crippen LogP contribution in [0.15, 0.2) is 0 Å². The number of likely N-dealkylation sites (tertiary alicyclic amines) is 1. The van der Waals surface area contributed by atoms with Crippen LogP contribution in [0.2, 0.25) is 0 Å². The van der Waals surface area contributed by atoms with Gasteiger partial charge >= 0.3 is 0 Å². The van der Waals surface area contributed by atoms with Crippen molar-refractivity contribution in [3.05, 3.63) is 0 Å². The maximum Gasteiger partial charge on any atom is 0.223 e. The molecule has 1 aliphatic heterocycles. The zero-order valence-electron chi connectivity index (χ0n) is 9.67. The van der Waals surface area contributed by atoms with E-state index in [9.17, 15) is 4.79 Å². The summed E-state index contributed by atoms with van der Waals surface area (Å²) in [6, 6.07) is 0.701. The van der Waals surface area contributed by atoms with Gasteiger partial charge in [0.25, 0.3) is 0 Å². The van der Waals surface area contributed by atoms with Crippen LogP contribution >= 0.6 is 0 Å². The molecule has 1 unspecified atom stereocenters. The summed E-state index contributed by atoms with van der Waals surface area (Å²) < 4.78 is 0. The predicted molar refractivity (Wildman–Crippen MR) is 60.6 cm³/mol. The molecule has 3 heteroatoms. The van der Waals surface area contributed by atoms with Crippen molar-refractivity contribution >= 4 is 5.91 Å². The highest BCUT2D eigenvalue weighted by atomic mass is 16.1. The minimum atomic E-state index is 0.293. The molecule has 1 N–H and O–H groups in total. The Morgan fingerprint density at radius 3 is 2.67 bits per heavy atom. The monoisotopic (exact) mass is 210 g/mol. The zero-order valence-corrected chi connectivity index (χ0v) is 9.67. The summed E-state index contributed by atoms with van der Waals surface area (Å²) in [5.41, 5.74) is 0. The average Bonchev–Trinajstić information content (AvgIpc) is 2.49. The first-order valence-electron chi connectivity index (χ1n) is 6.25. The van der Waals surface area contributed by atoms with E-state index in [1.807, 2.05) is 0 Å². The molecule has 1 saturated heterocycles. The van der Waals surface area contributed by atoms with Gasteiger partial charge in [-0.15, -0.1) is 0 Å². The van der Waals surface area contributed by atoms with Crippen molar-refractivity contribution in [3.8, 4) is 0 Å². The Morgan fingerprint density at radius 1 is 1.33 bits per heavy atom. The van der Waals surface area contributed by atoms with E-state index in [2.05, 4.69) is 17.3 Å². The number of nitrogens with one attached hydrogen (secondary N) is 1. The third kappa shape index (κ3) is 2.71. The van der Waals surface area contributed by atoms with E-state index in [4.69, 9.17) is 0 Å². The summed E-state index contributed by atoms with van der Waals surface area (Å²) in [5, 5.41) is 3.07. The Bertz CT molecular complexity index is 226. The molecule has 1 amide bonds. The molecule has 1 saturated carbocycles. The molecule has 0 bridgehead atoms. The predicted octanol–water partition coefficient (Wildman–Crippen LogP) is 1.39. The fraction of sp³-hybridized carbons (Fsp3) is 0.917. The van der Waals surface area contributed by atoms with Gasteiger partial charge in [-0.3, -0.25) is 4.79 Å². The largest absolute Gasteiger partial charge is 0.356 e. The van der Waals surface area contributed by atoms with E-state index in [1.54, 1.807) is 0 Å². The molecule has 0 aromatic rings. The average molecular weight is 210 g/mol. The maximum absolute atomic E-state index is 11.6. The minimum Gasteiger partial charge on any atom is -0.356 e. The lowest BCUT2D eigenvalue weighted by atomic mass is 9.85. The van der Waals surface area contributed by atoms with Crippen LogP contribution in [0.3, 0.4) is 0 Å². The zero-order chi connectivity index (χ0) is 10.7. The second kappa shape index (κ2) is 4.97. The molecule has 3 nitrogen and oxygen atoms in total. The van der Waals surface area contributed by atoms with E-state index in [1.165, 1.54) is 25.8 Å². The standard InChI is InChI=1S/C12H22N2O/c1-14-9-3-6-11(14)7-8-13-12(15)10-4-2-5-10/h10-11H,2-9H2,1H3,(H,13,15). The van der Waals surface area contributed by atoms with Crippen molar-refractivity contribution in [3.63, 3.8) is 0 Å². The van der Waals surface area contributed by atoms with E-state index >= 15 is 0 Å². The number of nitrogens with zero attached hydrogens (tertiary/aromatic N) is 1. The van der Waals surface area contributed by atoms with E-state index in [-0.39, 0.29) is 0 Å². The van der Waals surface area contributed by atoms with Crippen molar-refractivity contribution in [1.82, 2.24) is 10.2 Å². The van der Waals surface area contributed by atoms with Crippen LogP contribution in [0, 0.1) is 5.92 Å². The Labute approximate surface area is 92.2 Å². The van der Waals surface area contributed by atoms with Crippen LogP contribution in [0.5, 0.6) is 0 Å². The summed E-state index contributed by atoms with van der Waals surface area (Å²) >= 11 is 0. The smallest absolute Gasteiger partial charge is 0.223 e. The minimum absolute atomic E-state index is 0.293. The summed E-state index contributed by atoms with van der Waals surface area (Å²) in [4.78, 5) is 14.0. The van der Waals surface area contributed by atoms with Gasteiger partial charge in [0.15, 0.2) is 0 Å². The van der Waals surface area contributed by atoms with Crippen LogP contribution in [-0.4, -0.2) is 37.0 Å². The van der Waals surface area contributed by atoms with Crippen LogP contribution in [-0.2, 0) is 4.79 Å². The van der Waals surface area contributed by atoms with Gasteiger partial charge in [-0.2, -0.15) is 0 Å². The summed E-state index contributed by atoms with van der Waals surface area (Å²) in [6.45, 7) is 2.09. The van der Waals surface area contributed by atoms with E-state index < -0.39 is 0 Å². The number of carbonyl (C=O) groups is 1. The van der Waals surface area contributed by atoms with Crippen LogP contribution in [0.4, 0.5) is 0 Å². The van der Waals surface area contributed by atoms with Gasteiger partial charge in [-0.1, -0.05) is 6.42 Å². The van der Waals surface area contributed by atoms with Crippen LogP contribution in [0.1, 0.15) is 38.5 Å². The molecule has 2 rings (SSSR count). The van der Waals surface area contributed by atoms with Gasteiger partial charge in [0.1, 0.15) is 0 Å². The fourth-order valence-electron chi connectivity index (χ4n) is 2.52. The van der Waals surface area contributed by atoms with Crippen molar-refractivity contribution in [2.24, 2.45) is 5.92 Å². The molecule has 15 heavy (non-hydrogen) atoms. The second-order valence-electron chi connectivity index (χ2n) is 4.98. The third-order valence-electron chi connectivity index (χ3n) is 3.92. The molecule has 0 aromatic carbocycles. The highest BCUT2D eigenvalue weighted by Crippen LogP contribution is 2.26. The van der Waals surface area contributed by atoms with Gasteiger partial charge in [0, 0.05) is 18.5 Å². The first kappa shape index (κ1) is 10.9. The molecule has 0 spiro atoms. The van der Waals surface area contributed by atoms with Crippen molar-refractivity contribution in [1.29, 1.82) is 0 Å². The molecular weight excluding hydrogens is 188 g/mol. The molecular formula is C12H22N2O. The van der Waals surface area contributed by atoms with Crippen molar-refractivity contribution in [2.45, 2.75) is 44.6 Å². The number of amides is 1. The molecule has 1 heterocycles. The topological polar surface area (TPSA) is 32.3 Å². The molecule has 0 radical (unpaired) electrons. The first-order valence-corrected chi connectivity index (χ1v) is 6.25. The second-order valence-corrected chi connectivity index (χ2v) is 4.98. The van der Waals surface area contributed by atoms with Gasteiger partial charge in [-0.25, -0.2) is 0 Å². The maximum atomic E-state index is 11.6. The van der Waals surface area contributed by atoms with E-state index in [0.717, 1.165) is 25.8 Å². The molecule has 1 aliphatic carbocycles. The molecule has 1 atom stereocenters. The van der Waals surface area contributed by atoms with Gasteiger partial charge in [0.2, 0.25) is 5.91 Å². The Morgan fingerprint density at radius 2 is 2.13 bits per heavy atom. The van der Waals surface area contributed by atoms with Crippen LogP contribution < -0.4 is 5.32 Å². The number of hydrogen-bond donors (Lipinski definition) is 1. The van der Waals surface area contributed by atoms with E-state index in [0.29, 0.717) is 17.9 Å². The van der Waals surface area contributed by atoms with Gasteiger partial charge in [-0.05, 0) is 45.7 Å². The molecule has 86 valence electrons. The Balaban J connectivity index is 1.59. The lowest BCUT2D eigenvalue weighted by Crippen LogP contribution is -2.37. The SMILES string of the molecule is CN1CCCC1CCNC(=O)C1CCC1. The van der Waals surface area contributed by atoms with Crippen molar-refractivity contribution < 1.29 is 4.79 Å².